The molecule has 0 aliphatic carbocycles. The zero-order valence-corrected chi connectivity index (χ0v) is 11.4. The molecule has 0 fully saturated rings. The molecule has 20 heavy (non-hydrogen) atoms. The maximum Gasteiger partial charge on any atom is 0.263 e. The number of benzene rings is 2. The van der Waals surface area contributed by atoms with Gasteiger partial charge in [-0.3, -0.25) is 0 Å². The van der Waals surface area contributed by atoms with Crippen molar-refractivity contribution in [2.24, 2.45) is 0 Å². The molecular weight excluding hydrogens is 258 g/mol. The van der Waals surface area contributed by atoms with E-state index in [4.69, 9.17) is 0 Å². The van der Waals surface area contributed by atoms with Gasteiger partial charge in [0, 0.05) is 12.0 Å². The van der Waals surface area contributed by atoms with Crippen molar-refractivity contribution in [1.29, 1.82) is 0 Å². The Labute approximate surface area is 117 Å². The first kappa shape index (κ1) is 14.7. The van der Waals surface area contributed by atoms with Crippen LogP contribution in [-0.4, -0.2) is 5.11 Å². The quantitative estimate of drug-likeness (QED) is 0.854. The molecule has 0 aliphatic heterocycles. The molecule has 1 atom stereocenters. The van der Waals surface area contributed by atoms with Crippen LogP contribution in [0.3, 0.4) is 0 Å². The Hall–Kier alpha value is -1.74. The van der Waals surface area contributed by atoms with E-state index in [1.54, 1.807) is 12.1 Å². The van der Waals surface area contributed by atoms with Crippen LogP contribution < -0.4 is 0 Å². The van der Waals surface area contributed by atoms with Gasteiger partial charge in [-0.05, 0) is 23.1 Å². The molecule has 2 aromatic rings. The summed E-state index contributed by atoms with van der Waals surface area (Å²) in [5, 5.41) is 10.1. The van der Waals surface area contributed by atoms with Gasteiger partial charge in [0.15, 0.2) is 0 Å². The van der Waals surface area contributed by atoms with E-state index in [9.17, 15) is 13.9 Å². The molecule has 0 heterocycles. The Morgan fingerprint density at radius 3 is 1.85 bits per heavy atom. The lowest BCUT2D eigenvalue weighted by atomic mass is 9.99. The SMILES string of the molecule is CCc1ccc(CC(O)c2ccc(C(F)F)cc2)cc1. The molecule has 0 radical (unpaired) electrons. The van der Waals surface area contributed by atoms with Gasteiger partial charge in [0.1, 0.15) is 0 Å². The van der Waals surface area contributed by atoms with Gasteiger partial charge >= 0.3 is 0 Å². The summed E-state index contributed by atoms with van der Waals surface area (Å²) in [6, 6.07) is 13.9. The molecule has 1 nitrogen and oxygen atoms in total. The smallest absolute Gasteiger partial charge is 0.263 e. The molecule has 2 rings (SSSR count). The minimum absolute atomic E-state index is 0.0201. The lowest BCUT2D eigenvalue weighted by Gasteiger charge is -2.12. The lowest BCUT2D eigenvalue weighted by Crippen LogP contribution is -2.02. The molecule has 0 spiro atoms. The summed E-state index contributed by atoms with van der Waals surface area (Å²) in [6.45, 7) is 2.09. The molecule has 0 aliphatic rings. The first-order valence-corrected chi connectivity index (χ1v) is 6.74. The highest BCUT2D eigenvalue weighted by molar-refractivity contribution is 5.28. The van der Waals surface area contributed by atoms with E-state index < -0.39 is 12.5 Å². The third kappa shape index (κ3) is 3.64. The normalized spacial score (nSPS) is 12.7. The van der Waals surface area contributed by atoms with Crippen molar-refractivity contribution in [3.8, 4) is 0 Å². The molecule has 3 heteroatoms. The van der Waals surface area contributed by atoms with Gasteiger partial charge < -0.3 is 5.11 Å². The van der Waals surface area contributed by atoms with Crippen LogP contribution >= 0.6 is 0 Å². The minimum atomic E-state index is -2.47. The number of hydrogen-bond acceptors (Lipinski definition) is 1. The van der Waals surface area contributed by atoms with Gasteiger partial charge in [-0.2, -0.15) is 0 Å². The van der Waals surface area contributed by atoms with Gasteiger partial charge in [0.2, 0.25) is 0 Å². The summed E-state index contributed by atoms with van der Waals surface area (Å²) in [5.74, 6) is 0. The number of alkyl halides is 2. The molecule has 1 N–H and O–H groups in total. The fraction of sp³-hybridized carbons (Fsp3) is 0.294. The van der Waals surface area contributed by atoms with Crippen LogP contribution in [-0.2, 0) is 12.8 Å². The Morgan fingerprint density at radius 1 is 0.850 bits per heavy atom. The van der Waals surface area contributed by atoms with Gasteiger partial charge in [-0.1, -0.05) is 55.5 Å². The van der Waals surface area contributed by atoms with E-state index in [1.165, 1.54) is 17.7 Å². The fourth-order valence-corrected chi connectivity index (χ4v) is 2.12. The number of hydrogen-bond donors (Lipinski definition) is 1. The third-order valence-corrected chi connectivity index (χ3v) is 3.43. The molecule has 0 bridgehead atoms. The highest BCUT2D eigenvalue weighted by atomic mass is 19.3. The second kappa shape index (κ2) is 6.62. The topological polar surface area (TPSA) is 20.2 Å². The fourth-order valence-electron chi connectivity index (χ4n) is 2.12. The second-order valence-corrected chi connectivity index (χ2v) is 4.86. The Morgan fingerprint density at radius 2 is 1.35 bits per heavy atom. The molecule has 106 valence electrons. The van der Waals surface area contributed by atoms with E-state index >= 15 is 0 Å². The predicted octanol–water partition coefficient (Wildman–Crippen LogP) is 4.46. The number of aliphatic hydroxyl groups excluding tert-OH is 1. The predicted molar refractivity (Wildman–Crippen MR) is 75.9 cm³/mol. The second-order valence-electron chi connectivity index (χ2n) is 4.86. The molecule has 0 amide bonds. The molecule has 0 saturated heterocycles. The lowest BCUT2D eigenvalue weighted by molar-refractivity contribution is 0.151. The summed E-state index contributed by atoms with van der Waals surface area (Å²) in [7, 11) is 0. The van der Waals surface area contributed by atoms with Crippen LogP contribution in [0.1, 0.15) is 41.7 Å². The number of halogens is 2. The van der Waals surface area contributed by atoms with Gasteiger partial charge in [0.05, 0.1) is 6.10 Å². The number of rotatable bonds is 5. The van der Waals surface area contributed by atoms with Crippen molar-refractivity contribution in [3.63, 3.8) is 0 Å². The van der Waals surface area contributed by atoms with E-state index in [-0.39, 0.29) is 5.56 Å². The zero-order chi connectivity index (χ0) is 14.5. The van der Waals surface area contributed by atoms with Crippen molar-refractivity contribution in [2.45, 2.75) is 32.3 Å². The Bertz CT molecular complexity index is 532. The summed E-state index contributed by atoms with van der Waals surface area (Å²) in [6.07, 6.45) is -1.67. The summed E-state index contributed by atoms with van der Waals surface area (Å²) in [5.41, 5.74) is 2.93. The van der Waals surface area contributed by atoms with Crippen LogP contribution in [0.2, 0.25) is 0 Å². The number of aliphatic hydroxyl groups is 1. The first-order chi connectivity index (χ1) is 9.60. The van der Waals surface area contributed by atoms with Crippen LogP contribution in [0.4, 0.5) is 8.78 Å². The van der Waals surface area contributed by atoms with Crippen molar-refractivity contribution >= 4 is 0 Å². The van der Waals surface area contributed by atoms with Crippen molar-refractivity contribution in [2.75, 3.05) is 0 Å². The molecule has 2 aromatic carbocycles. The maximum absolute atomic E-state index is 12.5. The Balaban J connectivity index is 2.04. The summed E-state index contributed by atoms with van der Waals surface area (Å²) in [4.78, 5) is 0. The van der Waals surface area contributed by atoms with Gasteiger partial charge in [0.25, 0.3) is 6.43 Å². The van der Waals surface area contributed by atoms with E-state index in [0.717, 1.165) is 12.0 Å². The molecule has 0 saturated carbocycles. The third-order valence-electron chi connectivity index (χ3n) is 3.43. The van der Waals surface area contributed by atoms with Crippen LogP contribution in [0, 0.1) is 0 Å². The monoisotopic (exact) mass is 276 g/mol. The average Bonchev–Trinajstić information content (AvgIpc) is 2.48. The van der Waals surface area contributed by atoms with Gasteiger partial charge in [-0.15, -0.1) is 0 Å². The van der Waals surface area contributed by atoms with Crippen molar-refractivity contribution in [3.05, 3.63) is 70.8 Å². The first-order valence-electron chi connectivity index (χ1n) is 6.74. The van der Waals surface area contributed by atoms with E-state index in [2.05, 4.69) is 6.92 Å². The highest BCUT2D eigenvalue weighted by Gasteiger charge is 2.11. The largest absolute Gasteiger partial charge is 0.388 e. The Kier molecular flexibility index (Phi) is 4.85. The van der Waals surface area contributed by atoms with Gasteiger partial charge in [-0.25, -0.2) is 8.78 Å². The number of aryl methyl sites for hydroxylation is 1. The summed E-state index contributed by atoms with van der Waals surface area (Å²) >= 11 is 0. The van der Waals surface area contributed by atoms with Crippen LogP contribution in [0.15, 0.2) is 48.5 Å². The van der Waals surface area contributed by atoms with Crippen molar-refractivity contribution < 1.29 is 13.9 Å². The zero-order valence-electron chi connectivity index (χ0n) is 11.4. The maximum atomic E-state index is 12.5. The van der Waals surface area contributed by atoms with Crippen LogP contribution in [0.25, 0.3) is 0 Å². The minimum Gasteiger partial charge on any atom is -0.388 e. The molecular formula is C17H18F2O. The van der Waals surface area contributed by atoms with E-state index in [0.29, 0.717) is 12.0 Å². The highest BCUT2D eigenvalue weighted by Crippen LogP contribution is 2.23. The van der Waals surface area contributed by atoms with Crippen molar-refractivity contribution in [1.82, 2.24) is 0 Å². The summed E-state index contributed by atoms with van der Waals surface area (Å²) < 4.78 is 24.9. The average molecular weight is 276 g/mol. The molecule has 0 aromatic heterocycles. The standard InChI is InChI=1S/C17H18F2O/c1-2-12-3-5-13(6-4-12)11-16(20)14-7-9-15(10-8-14)17(18)19/h3-10,16-17,20H,2,11H2,1H3. The van der Waals surface area contributed by atoms with E-state index in [1.807, 2.05) is 24.3 Å². The molecule has 1 unspecified atom stereocenters. The van der Waals surface area contributed by atoms with Crippen LogP contribution in [0.5, 0.6) is 0 Å².